The molecule has 3 rings (SSSR count). The van der Waals surface area contributed by atoms with Crippen LogP contribution in [-0.4, -0.2) is 51.6 Å². The maximum absolute atomic E-state index is 12.9. The third kappa shape index (κ3) is 7.21. The first kappa shape index (κ1) is 27.0. The molecule has 0 unspecified atom stereocenters. The fourth-order valence-corrected chi connectivity index (χ4v) is 3.84. The van der Waals surface area contributed by atoms with Crippen molar-refractivity contribution in [2.75, 3.05) is 6.54 Å². The molecular formula is C26H24ClN3O7. The number of carboxylic acids is 1. The van der Waals surface area contributed by atoms with Gasteiger partial charge in [0.15, 0.2) is 0 Å². The number of nitrogens with one attached hydrogen (secondary N) is 3. The second-order valence-electron chi connectivity index (χ2n) is 8.13. The monoisotopic (exact) mass is 525 g/mol. The first-order valence-corrected chi connectivity index (χ1v) is 11.4. The van der Waals surface area contributed by atoms with Crippen LogP contribution in [-0.2, 0) is 11.3 Å². The number of benzene rings is 3. The number of amides is 3. The molecule has 3 aromatic carbocycles. The highest BCUT2D eigenvalue weighted by molar-refractivity contribution is 6.34. The molecule has 192 valence electrons. The number of carbonyl (C=O) groups excluding carboxylic acids is 3. The van der Waals surface area contributed by atoms with E-state index < -0.39 is 36.3 Å². The lowest BCUT2D eigenvalue weighted by Crippen LogP contribution is -2.48. The van der Waals surface area contributed by atoms with E-state index in [9.17, 15) is 34.5 Å². The smallest absolute Gasteiger partial charge is 0.328 e. The van der Waals surface area contributed by atoms with E-state index in [2.05, 4.69) is 16.0 Å². The quantitative estimate of drug-likeness (QED) is 0.250. The first-order chi connectivity index (χ1) is 17.5. The van der Waals surface area contributed by atoms with Crippen LogP contribution in [0.25, 0.3) is 0 Å². The minimum atomic E-state index is -1.48. The number of phenols is 2. The number of aryl methyl sites for hydroxylation is 1. The molecule has 10 nitrogen and oxygen atoms in total. The molecule has 0 saturated carbocycles. The van der Waals surface area contributed by atoms with Crippen molar-refractivity contribution in [3.8, 4) is 11.5 Å². The number of halogens is 1. The molecule has 1 atom stereocenters. The van der Waals surface area contributed by atoms with Crippen LogP contribution < -0.4 is 16.0 Å². The molecule has 0 spiro atoms. The van der Waals surface area contributed by atoms with Gasteiger partial charge in [-0.05, 0) is 60.5 Å². The molecule has 3 aromatic rings. The van der Waals surface area contributed by atoms with Gasteiger partial charge >= 0.3 is 5.97 Å². The van der Waals surface area contributed by atoms with Crippen molar-refractivity contribution >= 4 is 35.3 Å². The molecule has 11 heteroatoms. The van der Waals surface area contributed by atoms with E-state index in [-0.39, 0.29) is 39.8 Å². The summed E-state index contributed by atoms with van der Waals surface area (Å²) >= 11 is 6.28. The predicted molar refractivity (Wildman–Crippen MR) is 135 cm³/mol. The van der Waals surface area contributed by atoms with Crippen LogP contribution in [0.3, 0.4) is 0 Å². The topological polar surface area (TPSA) is 165 Å². The van der Waals surface area contributed by atoms with Crippen LogP contribution in [0.1, 0.15) is 42.2 Å². The van der Waals surface area contributed by atoms with Gasteiger partial charge in [0.1, 0.15) is 17.5 Å². The zero-order valence-electron chi connectivity index (χ0n) is 19.6. The first-order valence-electron chi connectivity index (χ1n) is 11.0. The Morgan fingerprint density at radius 2 is 1.49 bits per heavy atom. The van der Waals surface area contributed by atoms with Crippen LogP contribution in [0.15, 0.2) is 60.7 Å². The highest BCUT2D eigenvalue weighted by Gasteiger charge is 2.25. The summed E-state index contributed by atoms with van der Waals surface area (Å²) in [6, 6.07) is 13.2. The van der Waals surface area contributed by atoms with Crippen LogP contribution in [0.2, 0.25) is 5.02 Å². The van der Waals surface area contributed by atoms with Crippen LogP contribution in [0.5, 0.6) is 11.5 Å². The Labute approximate surface area is 216 Å². The molecule has 0 aromatic heterocycles. The van der Waals surface area contributed by atoms with Crippen molar-refractivity contribution in [2.45, 2.75) is 19.5 Å². The highest BCUT2D eigenvalue weighted by Crippen LogP contribution is 2.23. The Morgan fingerprint density at radius 3 is 2.11 bits per heavy atom. The lowest BCUT2D eigenvalue weighted by atomic mass is 10.0. The zero-order chi connectivity index (χ0) is 27.1. The zero-order valence-corrected chi connectivity index (χ0v) is 20.4. The SMILES string of the molecule is Cc1cc(C(=O)NCc2cccc(O)c2)cc(Cl)c1C(=O)N[C@@H](CNC(=O)c1cccc(O)c1)C(=O)O. The summed E-state index contributed by atoms with van der Waals surface area (Å²) in [5, 5.41) is 35.9. The number of hydrogen-bond donors (Lipinski definition) is 6. The number of hydrogen-bond acceptors (Lipinski definition) is 6. The van der Waals surface area contributed by atoms with E-state index in [0.29, 0.717) is 11.1 Å². The fourth-order valence-electron chi connectivity index (χ4n) is 3.49. The standard InChI is InChI=1S/C26H24ClN3O7/c1-14-8-17(24(34)28-12-15-4-2-6-18(31)9-15)11-20(27)22(14)25(35)30-21(26(36)37)13-29-23(33)16-5-3-7-19(32)10-16/h2-11,21,31-32H,12-13H2,1H3,(H,28,34)(H,29,33)(H,30,35)(H,36,37)/t21-/m0/s1. The Morgan fingerprint density at radius 1 is 0.838 bits per heavy atom. The summed E-state index contributed by atoms with van der Waals surface area (Å²) in [7, 11) is 0. The van der Waals surface area contributed by atoms with Gasteiger partial charge in [0.25, 0.3) is 17.7 Å². The van der Waals surface area contributed by atoms with E-state index in [0.717, 1.165) is 0 Å². The highest BCUT2D eigenvalue weighted by atomic mass is 35.5. The van der Waals surface area contributed by atoms with Gasteiger partial charge in [-0.1, -0.05) is 29.8 Å². The number of carbonyl (C=O) groups is 4. The summed E-state index contributed by atoms with van der Waals surface area (Å²) in [6.07, 6.45) is 0. The Balaban J connectivity index is 1.66. The average Bonchev–Trinajstić information content (AvgIpc) is 2.84. The molecular weight excluding hydrogens is 502 g/mol. The van der Waals surface area contributed by atoms with E-state index >= 15 is 0 Å². The third-order valence-corrected chi connectivity index (χ3v) is 5.62. The van der Waals surface area contributed by atoms with Crippen molar-refractivity contribution < 1.29 is 34.5 Å². The Hall–Kier alpha value is -4.57. The summed E-state index contributed by atoms with van der Waals surface area (Å²) in [4.78, 5) is 49.4. The van der Waals surface area contributed by atoms with Gasteiger partial charge in [-0.2, -0.15) is 0 Å². The predicted octanol–water partition coefficient (Wildman–Crippen LogP) is 2.60. The van der Waals surface area contributed by atoms with Gasteiger partial charge in [-0.3, -0.25) is 14.4 Å². The van der Waals surface area contributed by atoms with Crippen LogP contribution in [0.4, 0.5) is 0 Å². The largest absolute Gasteiger partial charge is 0.508 e. The number of aliphatic carboxylic acids is 1. The van der Waals surface area contributed by atoms with Crippen molar-refractivity contribution in [2.24, 2.45) is 0 Å². The second-order valence-corrected chi connectivity index (χ2v) is 8.53. The van der Waals surface area contributed by atoms with E-state index in [1.807, 2.05) is 0 Å². The number of rotatable bonds is 9. The molecule has 0 aliphatic rings. The van der Waals surface area contributed by atoms with Crippen molar-refractivity contribution in [1.29, 1.82) is 0 Å². The summed E-state index contributed by atoms with van der Waals surface area (Å²) in [5.41, 5.74) is 1.31. The van der Waals surface area contributed by atoms with Gasteiger partial charge in [0, 0.05) is 24.2 Å². The van der Waals surface area contributed by atoms with Crippen LogP contribution >= 0.6 is 11.6 Å². The fraction of sp³-hybridized carbons (Fsp3) is 0.154. The Kier molecular flexibility index (Phi) is 8.70. The molecule has 0 heterocycles. The Bertz CT molecular complexity index is 1340. The molecule has 3 amide bonds. The normalized spacial score (nSPS) is 11.3. The summed E-state index contributed by atoms with van der Waals surface area (Å²) < 4.78 is 0. The van der Waals surface area contributed by atoms with Gasteiger partial charge < -0.3 is 31.3 Å². The molecule has 0 radical (unpaired) electrons. The summed E-state index contributed by atoms with van der Waals surface area (Å²) in [5.74, 6) is -3.34. The number of phenolic OH excluding ortho intramolecular Hbond substituents is 2. The minimum Gasteiger partial charge on any atom is -0.508 e. The van der Waals surface area contributed by atoms with E-state index in [1.165, 1.54) is 48.5 Å². The van der Waals surface area contributed by atoms with Gasteiger partial charge in [0.2, 0.25) is 0 Å². The van der Waals surface area contributed by atoms with E-state index in [4.69, 9.17) is 11.6 Å². The maximum Gasteiger partial charge on any atom is 0.328 e. The number of carboxylic acid groups (broad SMARTS) is 1. The lowest BCUT2D eigenvalue weighted by Gasteiger charge is -2.17. The second kappa shape index (κ2) is 11.9. The minimum absolute atomic E-state index is 0.0169. The lowest BCUT2D eigenvalue weighted by molar-refractivity contribution is -0.139. The van der Waals surface area contributed by atoms with Gasteiger partial charge in [0.05, 0.1) is 10.6 Å². The van der Waals surface area contributed by atoms with E-state index in [1.54, 1.807) is 19.1 Å². The summed E-state index contributed by atoms with van der Waals surface area (Å²) in [6.45, 7) is 1.27. The van der Waals surface area contributed by atoms with Crippen molar-refractivity contribution in [3.63, 3.8) is 0 Å². The van der Waals surface area contributed by atoms with Crippen molar-refractivity contribution in [3.05, 3.63) is 93.5 Å². The molecule has 0 fully saturated rings. The molecule has 0 aliphatic heterocycles. The molecule has 6 N–H and O–H groups in total. The van der Waals surface area contributed by atoms with Crippen molar-refractivity contribution in [1.82, 2.24) is 16.0 Å². The molecule has 0 saturated heterocycles. The third-order valence-electron chi connectivity index (χ3n) is 5.32. The van der Waals surface area contributed by atoms with Crippen LogP contribution in [0, 0.1) is 6.92 Å². The maximum atomic E-state index is 12.9. The molecule has 37 heavy (non-hydrogen) atoms. The van der Waals surface area contributed by atoms with Gasteiger partial charge in [-0.15, -0.1) is 0 Å². The number of aromatic hydroxyl groups is 2. The van der Waals surface area contributed by atoms with Gasteiger partial charge in [-0.25, -0.2) is 4.79 Å². The molecule has 0 aliphatic carbocycles. The average molecular weight is 526 g/mol. The molecule has 0 bridgehead atoms.